The average molecular weight is 671 g/mol. The van der Waals surface area contributed by atoms with Crippen molar-refractivity contribution >= 4 is 33.2 Å². The van der Waals surface area contributed by atoms with E-state index in [1.165, 1.54) is 16.4 Å². The maximum absolute atomic E-state index is 14.1. The quantitative estimate of drug-likeness (QED) is 0.209. The standard InChI is InChI=1S/C34H46N4O8S/c1-21(2)18-38(47(42,43)23-11-12-24-26(17-35-34(3,4)5)31(40)36-27(24)16-23)19-29(39)28(15-22-9-7-6-8-10-22)37-33(41)46-30-20-45-32-25(30)13-14-44-32/h6-12,16-17,21,25,28-30,32,36,39-40H,13-15,18-20H2,1-5H3,(H,37,41)/t25-,28+,29-,30+,32+/m1/s1. The number of carbonyl (C=O) groups excluding carboxylic acids is 1. The van der Waals surface area contributed by atoms with Gasteiger partial charge in [0.05, 0.1) is 52.8 Å². The molecule has 0 radical (unpaired) electrons. The third-order valence-corrected chi connectivity index (χ3v) is 10.1. The normalized spacial score (nSPS) is 21.5. The van der Waals surface area contributed by atoms with Crippen LogP contribution in [0.4, 0.5) is 4.79 Å². The Kier molecular flexibility index (Phi) is 10.6. The Morgan fingerprint density at radius 1 is 1.17 bits per heavy atom. The lowest BCUT2D eigenvalue weighted by Crippen LogP contribution is -2.51. The van der Waals surface area contributed by atoms with E-state index in [2.05, 4.69) is 15.3 Å². The van der Waals surface area contributed by atoms with Gasteiger partial charge in [-0.15, -0.1) is 0 Å². The fourth-order valence-corrected chi connectivity index (χ4v) is 7.57. The molecule has 2 aliphatic heterocycles. The number of aliphatic hydroxyl groups excluding tert-OH is 1. The summed E-state index contributed by atoms with van der Waals surface area (Å²) in [6, 6.07) is 13.1. The van der Waals surface area contributed by atoms with Crippen LogP contribution in [0.3, 0.4) is 0 Å². The minimum Gasteiger partial charge on any atom is -0.494 e. The molecule has 2 aliphatic rings. The fraction of sp³-hybridized carbons (Fsp3) is 0.529. The van der Waals surface area contributed by atoms with Gasteiger partial charge in [-0.05, 0) is 57.2 Å². The zero-order chi connectivity index (χ0) is 33.9. The summed E-state index contributed by atoms with van der Waals surface area (Å²) < 4.78 is 46.3. The first-order chi connectivity index (χ1) is 22.2. The lowest BCUT2D eigenvalue weighted by atomic mass is 10.0. The molecule has 47 heavy (non-hydrogen) atoms. The predicted molar refractivity (Wildman–Crippen MR) is 178 cm³/mol. The molecule has 1 aromatic heterocycles. The van der Waals surface area contributed by atoms with Crippen molar-refractivity contribution in [3.8, 4) is 5.88 Å². The number of amides is 1. The SMILES string of the molecule is CC(C)CN(C[C@@H](O)[C@H](Cc1ccccc1)NC(=O)O[C@H]1CO[C@@H]2OCC[C@@H]21)S(=O)(=O)c1ccc2c(C=NC(C)(C)C)c(O)[nH]c2c1. The van der Waals surface area contributed by atoms with Crippen molar-refractivity contribution in [3.63, 3.8) is 0 Å². The minimum absolute atomic E-state index is 0.0000384. The molecular formula is C34H46N4O8S. The summed E-state index contributed by atoms with van der Waals surface area (Å²) in [5.41, 5.74) is 1.39. The van der Waals surface area contributed by atoms with Gasteiger partial charge in [-0.3, -0.25) is 4.99 Å². The molecule has 1 amide bonds. The number of alkyl carbamates (subject to hydrolysis) is 1. The van der Waals surface area contributed by atoms with Crippen molar-refractivity contribution in [1.82, 2.24) is 14.6 Å². The van der Waals surface area contributed by atoms with Crippen LogP contribution >= 0.6 is 0 Å². The monoisotopic (exact) mass is 670 g/mol. The highest BCUT2D eigenvalue weighted by Crippen LogP contribution is 2.33. The number of aliphatic hydroxyl groups is 1. The third kappa shape index (κ3) is 8.52. The molecule has 0 bridgehead atoms. The number of sulfonamides is 1. The Bertz CT molecular complexity index is 1670. The number of fused-ring (bicyclic) bond motifs is 2. The molecule has 4 N–H and O–H groups in total. The number of aromatic nitrogens is 1. The highest BCUT2D eigenvalue weighted by molar-refractivity contribution is 7.89. The van der Waals surface area contributed by atoms with Crippen molar-refractivity contribution in [3.05, 3.63) is 59.7 Å². The molecule has 0 spiro atoms. The van der Waals surface area contributed by atoms with Crippen molar-refractivity contribution < 1.29 is 37.6 Å². The predicted octanol–water partition coefficient (Wildman–Crippen LogP) is 4.20. The molecule has 2 aromatic carbocycles. The zero-order valence-corrected chi connectivity index (χ0v) is 28.4. The van der Waals surface area contributed by atoms with E-state index in [-0.39, 0.29) is 60.6 Å². The molecule has 2 saturated heterocycles. The number of rotatable bonds is 12. The summed E-state index contributed by atoms with van der Waals surface area (Å²) in [6.07, 6.45) is -0.308. The number of H-pyrrole nitrogens is 1. The molecule has 2 fully saturated rings. The summed E-state index contributed by atoms with van der Waals surface area (Å²) in [5, 5.41) is 25.6. The molecule has 12 nitrogen and oxygen atoms in total. The number of hydrogen-bond acceptors (Lipinski definition) is 9. The van der Waals surface area contributed by atoms with Gasteiger partial charge in [0.2, 0.25) is 10.0 Å². The van der Waals surface area contributed by atoms with Gasteiger partial charge < -0.3 is 34.7 Å². The van der Waals surface area contributed by atoms with Gasteiger partial charge in [-0.25, -0.2) is 13.2 Å². The highest BCUT2D eigenvalue weighted by Gasteiger charge is 2.44. The second-order valence-corrected chi connectivity index (χ2v) is 15.7. The Balaban J connectivity index is 1.37. The van der Waals surface area contributed by atoms with E-state index in [1.807, 2.05) is 65.0 Å². The number of benzene rings is 2. The maximum atomic E-state index is 14.1. The molecule has 5 rings (SSSR count). The summed E-state index contributed by atoms with van der Waals surface area (Å²) in [4.78, 5) is 20.5. The van der Waals surface area contributed by atoms with E-state index in [9.17, 15) is 23.4 Å². The van der Waals surface area contributed by atoms with Gasteiger partial charge >= 0.3 is 6.09 Å². The van der Waals surface area contributed by atoms with Gasteiger partial charge in [0, 0.05) is 24.7 Å². The first-order valence-electron chi connectivity index (χ1n) is 16.0. The highest BCUT2D eigenvalue weighted by atomic mass is 32.2. The molecule has 0 saturated carbocycles. The van der Waals surface area contributed by atoms with E-state index in [4.69, 9.17) is 14.2 Å². The lowest BCUT2D eigenvalue weighted by molar-refractivity contribution is -0.0907. The molecule has 256 valence electrons. The Labute approximate surface area is 276 Å². The van der Waals surface area contributed by atoms with Crippen LogP contribution in [0.5, 0.6) is 5.88 Å². The minimum atomic E-state index is -4.12. The maximum Gasteiger partial charge on any atom is 0.407 e. The van der Waals surface area contributed by atoms with Crippen molar-refractivity contribution in [2.24, 2.45) is 16.8 Å². The first-order valence-corrected chi connectivity index (χ1v) is 17.5. The molecular weight excluding hydrogens is 624 g/mol. The summed E-state index contributed by atoms with van der Waals surface area (Å²) >= 11 is 0. The van der Waals surface area contributed by atoms with Crippen molar-refractivity contribution in [2.45, 2.75) is 82.4 Å². The number of nitrogens with one attached hydrogen (secondary N) is 2. The van der Waals surface area contributed by atoms with E-state index in [0.717, 1.165) is 12.0 Å². The van der Waals surface area contributed by atoms with Gasteiger partial charge in [0.15, 0.2) is 12.2 Å². The largest absolute Gasteiger partial charge is 0.494 e. The molecule has 3 aromatic rings. The number of nitrogens with zero attached hydrogens (tertiary/aromatic N) is 2. The number of hydrogen-bond donors (Lipinski definition) is 4. The summed E-state index contributed by atoms with van der Waals surface area (Å²) in [6.45, 7) is 10.2. The van der Waals surface area contributed by atoms with Crippen LogP contribution < -0.4 is 5.32 Å². The first kappa shape index (κ1) is 34.8. The smallest absolute Gasteiger partial charge is 0.407 e. The second-order valence-electron chi connectivity index (χ2n) is 13.7. The summed E-state index contributed by atoms with van der Waals surface area (Å²) in [7, 11) is -4.12. The van der Waals surface area contributed by atoms with Crippen LogP contribution in [-0.2, 0) is 30.7 Å². The van der Waals surface area contributed by atoms with Crippen LogP contribution in [0, 0.1) is 11.8 Å². The third-order valence-electron chi connectivity index (χ3n) is 8.28. The van der Waals surface area contributed by atoms with Crippen LogP contribution in [0.1, 0.15) is 52.2 Å². The van der Waals surface area contributed by atoms with Crippen LogP contribution in [0.25, 0.3) is 10.9 Å². The second kappa shape index (κ2) is 14.3. The van der Waals surface area contributed by atoms with E-state index >= 15 is 0 Å². The van der Waals surface area contributed by atoms with E-state index in [1.54, 1.807) is 12.3 Å². The summed E-state index contributed by atoms with van der Waals surface area (Å²) in [5.74, 6) is -0.227. The van der Waals surface area contributed by atoms with Crippen molar-refractivity contribution in [1.29, 1.82) is 0 Å². The number of aliphatic imine (C=N–C) groups is 1. The van der Waals surface area contributed by atoms with Gasteiger partial charge in [-0.1, -0.05) is 50.2 Å². The van der Waals surface area contributed by atoms with Gasteiger partial charge in [0.25, 0.3) is 0 Å². The van der Waals surface area contributed by atoms with Crippen LogP contribution in [0.2, 0.25) is 0 Å². The van der Waals surface area contributed by atoms with E-state index in [0.29, 0.717) is 23.1 Å². The Morgan fingerprint density at radius 2 is 1.91 bits per heavy atom. The lowest BCUT2D eigenvalue weighted by Gasteiger charge is -2.31. The molecule has 0 aliphatic carbocycles. The molecule has 3 heterocycles. The average Bonchev–Trinajstić information content (AvgIpc) is 3.70. The Morgan fingerprint density at radius 3 is 2.62 bits per heavy atom. The molecule has 13 heteroatoms. The van der Waals surface area contributed by atoms with Crippen LogP contribution in [-0.4, -0.2) is 96.6 Å². The number of ether oxygens (including phenoxy) is 3. The fourth-order valence-electron chi connectivity index (χ4n) is 5.92. The topological polar surface area (TPSA) is 163 Å². The number of aromatic amines is 1. The van der Waals surface area contributed by atoms with Crippen LogP contribution in [0.15, 0.2) is 58.4 Å². The van der Waals surface area contributed by atoms with Gasteiger partial charge in [0.1, 0.15) is 6.10 Å². The van der Waals surface area contributed by atoms with Gasteiger partial charge in [-0.2, -0.15) is 4.31 Å². The molecule has 0 unspecified atom stereocenters. The van der Waals surface area contributed by atoms with Crippen molar-refractivity contribution in [2.75, 3.05) is 26.3 Å². The van der Waals surface area contributed by atoms with E-state index < -0.39 is 34.4 Å². The Hall–Kier alpha value is -3.49. The molecule has 5 atom stereocenters. The number of aromatic hydroxyl groups is 1. The zero-order valence-electron chi connectivity index (χ0n) is 27.5. The number of carbonyl (C=O) groups is 1.